The average Bonchev–Trinajstić information content (AvgIpc) is 2.76. The van der Waals surface area contributed by atoms with Gasteiger partial charge in [0.1, 0.15) is 5.69 Å². The Balaban J connectivity index is 2.23. The third-order valence-electron chi connectivity index (χ3n) is 2.29. The lowest BCUT2D eigenvalue weighted by molar-refractivity contribution is 0.0690. The van der Waals surface area contributed by atoms with Gasteiger partial charge in [-0.25, -0.2) is 4.79 Å². The maximum atomic E-state index is 10.8. The highest BCUT2D eigenvalue weighted by atomic mass is 16.4. The average molecular weight is 229 g/mol. The number of aryl methyl sites for hydroxylation is 1. The van der Waals surface area contributed by atoms with Gasteiger partial charge >= 0.3 is 5.97 Å². The molecule has 1 heterocycles. The van der Waals surface area contributed by atoms with Gasteiger partial charge in [0, 0.05) is 0 Å². The number of carboxylic acids is 1. The van der Waals surface area contributed by atoms with E-state index in [1.54, 1.807) is 12.2 Å². The maximum absolute atomic E-state index is 10.8. The zero-order valence-corrected chi connectivity index (χ0v) is 9.21. The number of carboxylic acid groups (broad SMARTS) is 1. The summed E-state index contributed by atoms with van der Waals surface area (Å²) < 4.78 is 0. The number of nitrogens with zero attached hydrogens (tertiary/aromatic N) is 2. The lowest BCUT2D eigenvalue weighted by Crippen LogP contribution is -1.98. The molecule has 5 heteroatoms. The Morgan fingerprint density at radius 1 is 1.24 bits per heavy atom. The minimum absolute atomic E-state index is 0.0756. The molecule has 0 unspecified atom stereocenters. The van der Waals surface area contributed by atoms with Crippen LogP contribution < -0.4 is 0 Å². The Morgan fingerprint density at radius 2 is 1.94 bits per heavy atom. The van der Waals surface area contributed by atoms with Crippen LogP contribution >= 0.6 is 0 Å². The van der Waals surface area contributed by atoms with Gasteiger partial charge < -0.3 is 5.11 Å². The van der Waals surface area contributed by atoms with Crippen LogP contribution in [0.3, 0.4) is 0 Å². The zero-order chi connectivity index (χ0) is 12.3. The standard InChI is InChI=1S/C12H11N3O2/c1-8-2-4-9(5-3-8)6-7-10-11(12(16)17)14-15-13-10/h2-7H,1H3,(H,16,17)(H,13,14,15). The highest BCUT2D eigenvalue weighted by molar-refractivity contribution is 5.90. The Hall–Kier alpha value is -2.43. The van der Waals surface area contributed by atoms with E-state index < -0.39 is 5.97 Å². The fourth-order valence-corrected chi connectivity index (χ4v) is 1.37. The summed E-state index contributed by atoms with van der Waals surface area (Å²) in [5, 5.41) is 18.4. The number of rotatable bonds is 3. The van der Waals surface area contributed by atoms with Gasteiger partial charge in [0.25, 0.3) is 0 Å². The van der Waals surface area contributed by atoms with Crippen LogP contribution in [0.15, 0.2) is 24.3 Å². The molecule has 0 aliphatic rings. The Kier molecular flexibility index (Phi) is 3.00. The lowest BCUT2D eigenvalue weighted by Gasteiger charge is -1.94. The molecule has 0 spiro atoms. The molecule has 0 bridgehead atoms. The van der Waals surface area contributed by atoms with Gasteiger partial charge in [0.05, 0.1) is 0 Å². The van der Waals surface area contributed by atoms with E-state index in [2.05, 4.69) is 15.4 Å². The molecule has 1 aromatic heterocycles. The van der Waals surface area contributed by atoms with Gasteiger partial charge in [-0.3, -0.25) is 0 Å². The molecular formula is C12H11N3O2. The van der Waals surface area contributed by atoms with Crippen molar-refractivity contribution < 1.29 is 9.90 Å². The van der Waals surface area contributed by atoms with E-state index in [1.807, 2.05) is 31.2 Å². The largest absolute Gasteiger partial charge is 0.476 e. The first kappa shape index (κ1) is 11.1. The predicted octanol–water partition coefficient (Wildman–Crippen LogP) is 1.98. The molecule has 86 valence electrons. The van der Waals surface area contributed by atoms with E-state index in [4.69, 9.17) is 5.11 Å². The molecule has 17 heavy (non-hydrogen) atoms. The number of carbonyl (C=O) groups is 1. The highest BCUT2D eigenvalue weighted by Crippen LogP contribution is 2.09. The highest BCUT2D eigenvalue weighted by Gasteiger charge is 2.11. The second-order valence-corrected chi connectivity index (χ2v) is 3.61. The summed E-state index contributed by atoms with van der Waals surface area (Å²) in [6.07, 6.45) is 3.42. The smallest absolute Gasteiger partial charge is 0.358 e. The number of hydrogen-bond acceptors (Lipinski definition) is 3. The lowest BCUT2D eigenvalue weighted by atomic mass is 10.1. The molecule has 5 nitrogen and oxygen atoms in total. The van der Waals surface area contributed by atoms with Crippen LogP contribution in [0.25, 0.3) is 12.2 Å². The minimum atomic E-state index is -1.10. The maximum Gasteiger partial charge on any atom is 0.358 e. The van der Waals surface area contributed by atoms with Gasteiger partial charge in [-0.1, -0.05) is 35.9 Å². The van der Waals surface area contributed by atoms with Gasteiger partial charge in [0.2, 0.25) is 0 Å². The molecular weight excluding hydrogens is 218 g/mol. The SMILES string of the molecule is Cc1ccc(C=Cc2n[nH]nc2C(=O)O)cc1. The second kappa shape index (κ2) is 4.61. The van der Waals surface area contributed by atoms with E-state index in [0.29, 0.717) is 5.69 Å². The Morgan fingerprint density at radius 3 is 2.59 bits per heavy atom. The number of aromatic amines is 1. The molecule has 2 N–H and O–H groups in total. The second-order valence-electron chi connectivity index (χ2n) is 3.61. The topological polar surface area (TPSA) is 78.9 Å². The minimum Gasteiger partial charge on any atom is -0.476 e. The van der Waals surface area contributed by atoms with Crippen molar-refractivity contribution in [2.45, 2.75) is 6.92 Å². The first-order valence-corrected chi connectivity index (χ1v) is 5.05. The summed E-state index contributed by atoms with van der Waals surface area (Å²) in [4.78, 5) is 10.8. The first-order valence-electron chi connectivity index (χ1n) is 5.05. The van der Waals surface area contributed by atoms with Crippen LogP contribution in [-0.2, 0) is 0 Å². The fraction of sp³-hybridized carbons (Fsp3) is 0.0833. The van der Waals surface area contributed by atoms with E-state index in [0.717, 1.165) is 5.56 Å². The molecule has 0 amide bonds. The summed E-state index contributed by atoms with van der Waals surface area (Å²) in [6.45, 7) is 2.01. The number of nitrogens with one attached hydrogen (secondary N) is 1. The van der Waals surface area contributed by atoms with E-state index in [-0.39, 0.29) is 5.69 Å². The third kappa shape index (κ3) is 2.57. The molecule has 2 aromatic rings. The Labute approximate surface area is 97.8 Å². The van der Waals surface area contributed by atoms with Gasteiger partial charge in [-0.15, -0.1) is 5.10 Å². The van der Waals surface area contributed by atoms with Crippen LogP contribution in [0.2, 0.25) is 0 Å². The van der Waals surface area contributed by atoms with Crippen molar-refractivity contribution in [3.05, 3.63) is 46.8 Å². The zero-order valence-electron chi connectivity index (χ0n) is 9.21. The summed E-state index contributed by atoms with van der Waals surface area (Å²) in [6, 6.07) is 7.87. The normalized spacial score (nSPS) is 10.9. The molecule has 0 radical (unpaired) electrons. The molecule has 0 aliphatic carbocycles. The van der Waals surface area contributed by atoms with E-state index in [1.165, 1.54) is 5.56 Å². The number of aromatic carboxylic acids is 1. The predicted molar refractivity (Wildman–Crippen MR) is 63.4 cm³/mol. The number of H-pyrrole nitrogens is 1. The number of aromatic nitrogens is 3. The van der Waals surface area contributed by atoms with Gasteiger partial charge in [0.15, 0.2) is 5.69 Å². The van der Waals surface area contributed by atoms with E-state index in [9.17, 15) is 4.79 Å². The summed E-state index contributed by atoms with van der Waals surface area (Å²) in [5.41, 5.74) is 2.40. The fourth-order valence-electron chi connectivity index (χ4n) is 1.37. The molecule has 0 saturated carbocycles. The van der Waals surface area contributed by atoms with Crippen LogP contribution in [0.4, 0.5) is 0 Å². The summed E-state index contributed by atoms with van der Waals surface area (Å²) in [7, 11) is 0. The van der Waals surface area contributed by atoms with Crippen LogP contribution in [0, 0.1) is 6.92 Å². The van der Waals surface area contributed by atoms with Crippen LogP contribution in [0.1, 0.15) is 27.3 Å². The van der Waals surface area contributed by atoms with Crippen LogP contribution in [-0.4, -0.2) is 26.5 Å². The van der Waals surface area contributed by atoms with Crippen molar-refractivity contribution in [2.24, 2.45) is 0 Å². The molecule has 1 aromatic carbocycles. The van der Waals surface area contributed by atoms with E-state index >= 15 is 0 Å². The summed E-state index contributed by atoms with van der Waals surface area (Å²) in [5.74, 6) is -1.10. The van der Waals surface area contributed by atoms with Crippen molar-refractivity contribution in [3.63, 3.8) is 0 Å². The van der Waals surface area contributed by atoms with Crippen molar-refractivity contribution in [1.29, 1.82) is 0 Å². The number of hydrogen-bond donors (Lipinski definition) is 2. The van der Waals surface area contributed by atoms with Crippen molar-refractivity contribution in [2.75, 3.05) is 0 Å². The van der Waals surface area contributed by atoms with Gasteiger partial charge in [-0.2, -0.15) is 10.3 Å². The molecule has 0 aliphatic heterocycles. The van der Waals surface area contributed by atoms with Crippen molar-refractivity contribution in [1.82, 2.24) is 15.4 Å². The number of benzene rings is 1. The van der Waals surface area contributed by atoms with Crippen LogP contribution in [0.5, 0.6) is 0 Å². The monoisotopic (exact) mass is 229 g/mol. The molecule has 0 atom stereocenters. The summed E-state index contributed by atoms with van der Waals surface area (Å²) >= 11 is 0. The Bertz CT molecular complexity index is 555. The van der Waals surface area contributed by atoms with Crippen molar-refractivity contribution in [3.8, 4) is 0 Å². The molecule has 2 rings (SSSR count). The third-order valence-corrected chi connectivity index (χ3v) is 2.29. The van der Waals surface area contributed by atoms with Crippen molar-refractivity contribution >= 4 is 18.1 Å². The molecule has 0 saturated heterocycles. The first-order chi connectivity index (χ1) is 8.16. The van der Waals surface area contributed by atoms with Gasteiger partial charge in [-0.05, 0) is 18.6 Å². The molecule has 0 fully saturated rings. The quantitative estimate of drug-likeness (QED) is 0.843.